The standard InChI is InChI=1S/C18H15N5O2S/c24-16(11-10-19-18-23(17(11)25)8-9-26-18)22-7-3-6-14(22)15-20-12-4-1-2-5-13(12)21-15/h1-2,4-5,8-10,14H,3,6-7H2,(H,20,21)/t14-/m1/s1. The van der Waals surface area contributed by atoms with Crippen molar-refractivity contribution in [2.45, 2.75) is 18.9 Å². The first-order valence-electron chi connectivity index (χ1n) is 8.43. The van der Waals surface area contributed by atoms with Gasteiger partial charge in [-0.25, -0.2) is 9.97 Å². The third kappa shape index (κ3) is 2.26. The van der Waals surface area contributed by atoms with Gasteiger partial charge in [-0.3, -0.25) is 14.0 Å². The van der Waals surface area contributed by atoms with Crippen LogP contribution in [-0.2, 0) is 0 Å². The Bertz CT molecular complexity index is 1160. The van der Waals surface area contributed by atoms with Crippen LogP contribution in [0.25, 0.3) is 16.0 Å². The molecule has 130 valence electrons. The largest absolute Gasteiger partial charge is 0.340 e. The normalized spacial score (nSPS) is 17.4. The molecule has 4 aromatic rings. The van der Waals surface area contributed by atoms with Crippen molar-refractivity contribution >= 4 is 33.2 Å². The number of carbonyl (C=O) groups is 1. The fourth-order valence-corrected chi connectivity index (χ4v) is 4.23. The molecule has 5 rings (SSSR count). The zero-order valence-electron chi connectivity index (χ0n) is 13.8. The highest BCUT2D eigenvalue weighted by atomic mass is 32.1. The van der Waals surface area contributed by atoms with E-state index in [1.807, 2.05) is 24.3 Å². The molecule has 1 amide bonds. The molecule has 0 radical (unpaired) electrons. The second-order valence-electron chi connectivity index (χ2n) is 6.33. The Labute approximate surface area is 151 Å². The number of aromatic nitrogens is 4. The Morgan fingerprint density at radius 2 is 2.19 bits per heavy atom. The lowest BCUT2D eigenvalue weighted by Crippen LogP contribution is -2.35. The average Bonchev–Trinajstić information content (AvgIpc) is 3.38. The Morgan fingerprint density at radius 3 is 3.08 bits per heavy atom. The topological polar surface area (TPSA) is 83.4 Å². The van der Waals surface area contributed by atoms with Gasteiger partial charge in [0.05, 0.1) is 17.1 Å². The number of carbonyl (C=O) groups excluding carboxylic acids is 1. The molecule has 7 nitrogen and oxygen atoms in total. The van der Waals surface area contributed by atoms with Crippen LogP contribution in [-0.4, -0.2) is 36.7 Å². The number of thiazole rings is 1. The van der Waals surface area contributed by atoms with Crippen LogP contribution in [0.5, 0.6) is 0 Å². The molecule has 0 unspecified atom stereocenters. The maximum Gasteiger partial charge on any atom is 0.271 e. The van der Waals surface area contributed by atoms with Crippen LogP contribution >= 0.6 is 11.3 Å². The Hall–Kier alpha value is -3.00. The number of fused-ring (bicyclic) bond motifs is 2. The van der Waals surface area contributed by atoms with Gasteiger partial charge in [-0.1, -0.05) is 12.1 Å². The highest BCUT2D eigenvalue weighted by Crippen LogP contribution is 2.32. The van der Waals surface area contributed by atoms with Gasteiger partial charge in [0.1, 0.15) is 11.4 Å². The molecule has 1 aromatic carbocycles. The van der Waals surface area contributed by atoms with Gasteiger partial charge in [-0.15, -0.1) is 11.3 Å². The van der Waals surface area contributed by atoms with Gasteiger partial charge in [0, 0.05) is 24.3 Å². The minimum atomic E-state index is -0.323. The summed E-state index contributed by atoms with van der Waals surface area (Å²) in [5.74, 6) is 0.479. The number of benzene rings is 1. The highest BCUT2D eigenvalue weighted by molar-refractivity contribution is 7.15. The van der Waals surface area contributed by atoms with Crippen molar-refractivity contribution in [1.82, 2.24) is 24.3 Å². The SMILES string of the molecule is O=C(c1cnc2sccn2c1=O)N1CCC[C@@H]1c1nc2ccccc2[nH]1. The number of para-hydroxylation sites is 2. The van der Waals surface area contributed by atoms with E-state index in [1.54, 1.807) is 16.5 Å². The number of likely N-dealkylation sites (tertiary alicyclic amines) is 1. The second-order valence-corrected chi connectivity index (χ2v) is 7.20. The number of aromatic amines is 1. The number of H-pyrrole nitrogens is 1. The smallest absolute Gasteiger partial charge is 0.271 e. The number of rotatable bonds is 2. The molecule has 1 N–H and O–H groups in total. The first kappa shape index (κ1) is 15.3. The molecule has 0 spiro atoms. The van der Waals surface area contributed by atoms with Gasteiger partial charge in [-0.05, 0) is 25.0 Å². The van der Waals surface area contributed by atoms with Gasteiger partial charge < -0.3 is 9.88 Å². The van der Waals surface area contributed by atoms with Crippen LogP contribution in [0, 0.1) is 0 Å². The van der Waals surface area contributed by atoms with E-state index in [0.717, 1.165) is 29.7 Å². The molecule has 1 aliphatic rings. The van der Waals surface area contributed by atoms with E-state index in [0.29, 0.717) is 11.5 Å². The van der Waals surface area contributed by atoms with Gasteiger partial charge >= 0.3 is 0 Å². The first-order valence-corrected chi connectivity index (χ1v) is 9.31. The molecule has 1 atom stereocenters. The third-order valence-electron chi connectivity index (χ3n) is 4.81. The monoisotopic (exact) mass is 365 g/mol. The van der Waals surface area contributed by atoms with Crippen LogP contribution in [0.4, 0.5) is 0 Å². The van der Waals surface area contributed by atoms with Crippen molar-refractivity contribution < 1.29 is 4.79 Å². The summed E-state index contributed by atoms with van der Waals surface area (Å²) in [7, 11) is 0. The molecule has 4 heterocycles. The summed E-state index contributed by atoms with van der Waals surface area (Å²) in [6, 6.07) is 7.64. The molecular formula is C18H15N5O2S. The van der Waals surface area contributed by atoms with Crippen LogP contribution in [0.1, 0.15) is 35.1 Å². The summed E-state index contributed by atoms with van der Waals surface area (Å²) in [4.78, 5) is 40.2. The molecule has 1 saturated heterocycles. The van der Waals surface area contributed by atoms with E-state index in [9.17, 15) is 9.59 Å². The number of nitrogens with one attached hydrogen (secondary N) is 1. The van der Waals surface area contributed by atoms with Crippen molar-refractivity contribution in [3.05, 3.63) is 63.8 Å². The van der Waals surface area contributed by atoms with Crippen LogP contribution in [0.15, 0.2) is 46.8 Å². The van der Waals surface area contributed by atoms with E-state index in [4.69, 9.17) is 0 Å². The molecule has 1 aliphatic heterocycles. The van der Waals surface area contributed by atoms with E-state index in [1.165, 1.54) is 21.9 Å². The minimum Gasteiger partial charge on any atom is -0.340 e. The quantitative estimate of drug-likeness (QED) is 0.592. The third-order valence-corrected chi connectivity index (χ3v) is 5.58. The van der Waals surface area contributed by atoms with E-state index in [2.05, 4.69) is 15.0 Å². The van der Waals surface area contributed by atoms with Gasteiger partial charge in [0.2, 0.25) is 0 Å². The Balaban J connectivity index is 1.54. The fraction of sp³-hybridized carbons (Fsp3) is 0.222. The Morgan fingerprint density at radius 1 is 1.31 bits per heavy atom. The molecule has 3 aromatic heterocycles. The summed E-state index contributed by atoms with van der Waals surface area (Å²) >= 11 is 1.37. The van der Waals surface area contributed by atoms with Crippen LogP contribution in [0.2, 0.25) is 0 Å². The van der Waals surface area contributed by atoms with Gasteiger partial charge in [0.25, 0.3) is 11.5 Å². The molecule has 0 bridgehead atoms. The predicted molar refractivity (Wildman–Crippen MR) is 98.4 cm³/mol. The number of nitrogens with zero attached hydrogens (tertiary/aromatic N) is 4. The first-order chi connectivity index (χ1) is 12.7. The number of hydrogen-bond donors (Lipinski definition) is 1. The number of amides is 1. The number of hydrogen-bond acceptors (Lipinski definition) is 5. The van der Waals surface area contributed by atoms with E-state index < -0.39 is 0 Å². The lowest BCUT2D eigenvalue weighted by molar-refractivity contribution is 0.0728. The van der Waals surface area contributed by atoms with Crippen molar-refractivity contribution in [2.24, 2.45) is 0 Å². The summed E-state index contributed by atoms with van der Waals surface area (Å²) in [5.41, 5.74) is 1.60. The lowest BCUT2D eigenvalue weighted by Gasteiger charge is -2.22. The Kier molecular flexibility index (Phi) is 3.39. The van der Waals surface area contributed by atoms with Crippen molar-refractivity contribution in [3.8, 4) is 0 Å². The van der Waals surface area contributed by atoms with Gasteiger partial charge in [0.15, 0.2) is 4.96 Å². The highest BCUT2D eigenvalue weighted by Gasteiger charge is 2.34. The minimum absolute atomic E-state index is 0.101. The van der Waals surface area contributed by atoms with Crippen molar-refractivity contribution in [3.63, 3.8) is 0 Å². The maximum absolute atomic E-state index is 13.1. The van der Waals surface area contributed by atoms with Crippen LogP contribution < -0.4 is 5.56 Å². The fourth-order valence-electron chi connectivity index (χ4n) is 3.55. The number of imidazole rings is 1. The summed E-state index contributed by atoms with van der Waals surface area (Å²) in [5, 5.41) is 1.78. The molecule has 1 fully saturated rings. The molecule has 0 aliphatic carbocycles. The van der Waals surface area contributed by atoms with Crippen molar-refractivity contribution in [1.29, 1.82) is 0 Å². The predicted octanol–water partition coefficient (Wildman–Crippen LogP) is 2.61. The molecule has 0 saturated carbocycles. The molecule has 26 heavy (non-hydrogen) atoms. The average molecular weight is 365 g/mol. The van der Waals surface area contributed by atoms with E-state index in [-0.39, 0.29) is 23.1 Å². The summed E-state index contributed by atoms with van der Waals surface area (Å²) < 4.78 is 1.42. The second kappa shape index (κ2) is 5.77. The molecule has 8 heteroatoms. The summed E-state index contributed by atoms with van der Waals surface area (Å²) in [6.07, 6.45) is 4.74. The maximum atomic E-state index is 13.1. The van der Waals surface area contributed by atoms with Crippen LogP contribution in [0.3, 0.4) is 0 Å². The lowest BCUT2D eigenvalue weighted by atomic mass is 10.2. The van der Waals surface area contributed by atoms with Gasteiger partial charge in [-0.2, -0.15) is 0 Å². The van der Waals surface area contributed by atoms with E-state index >= 15 is 0 Å². The summed E-state index contributed by atoms with van der Waals surface area (Å²) in [6.45, 7) is 0.603. The molecular weight excluding hydrogens is 350 g/mol. The zero-order chi connectivity index (χ0) is 17.7. The zero-order valence-corrected chi connectivity index (χ0v) is 14.6. The van der Waals surface area contributed by atoms with Crippen molar-refractivity contribution in [2.75, 3.05) is 6.54 Å².